The molecule has 0 atom stereocenters. The first-order chi connectivity index (χ1) is 16.8. The molecule has 0 bridgehead atoms. The summed E-state index contributed by atoms with van der Waals surface area (Å²) in [6.07, 6.45) is 0.142. The quantitative estimate of drug-likeness (QED) is 0.320. The minimum Gasteiger partial charge on any atom is -0.465 e. The minimum atomic E-state index is -4.68. The van der Waals surface area contributed by atoms with Gasteiger partial charge in [0.05, 0.1) is 36.7 Å². The van der Waals surface area contributed by atoms with E-state index < -0.39 is 35.4 Å². The second kappa shape index (κ2) is 11.6. The molecule has 12 heteroatoms. The molecular formula is C24H28F3N3O6. The SMILES string of the molecule is COC(=O)C1=C(C(=O)OC)N(c2cc(C(F)(F)F)ccc2NCCNC(=O)OC(C)(C)C)C=CC=C1. The van der Waals surface area contributed by atoms with Gasteiger partial charge in [-0.2, -0.15) is 13.2 Å². The van der Waals surface area contributed by atoms with Crippen LogP contribution >= 0.6 is 0 Å². The number of rotatable bonds is 7. The summed E-state index contributed by atoms with van der Waals surface area (Å²) >= 11 is 0. The summed E-state index contributed by atoms with van der Waals surface area (Å²) in [5, 5.41) is 5.47. The van der Waals surface area contributed by atoms with Gasteiger partial charge in [0.2, 0.25) is 0 Å². The Bertz CT molecular complexity index is 1090. The van der Waals surface area contributed by atoms with Crippen molar-refractivity contribution < 1.29 is 41.8 Å². The van der Waals surface area contributed by atoms with Gasteiger partial charge < -0.3 is 29.7 Å². The molecule has 1 amide bonds. The number of alkyl halides is 3. The van der Waals surface area contributed by atoms with E-state index in [0.29, 0.717) is 0 Å². The molecule has 0 saturated carbocycles. The van der Waals surface area contributed by atoms with Crippen molar-refractivity contribution >= 4 is 29.4 Å². The highest BCUT2D eigenvalue weighted by molar-refractivity contribution is 6.06. The van der Waals surface area contributed by atoms with Crippen LogP contribution in [0.15, 0.2) is 53.9 Å². The van der Waals surface area contributed by atoms with E-state index in [2.05, 4.69) is 10.6 Å². The second-order valence-corrected chi connectivity index (χ2v) is 8.40. The van der Waals surface area contributed by atoms with E-state index in [0.717, 1.165) is 31.3 Å². The van der Waals surface area contributed by atoms with Crippen LogP contribution in [0.25, 0.3) is 0 Å². The number of hydrogen-bond donors (Lipinski definition) is 2. The van der Waals surface area contributed by atoms with E-state index in [-0.39, 0.29) is 35.7 Å². The summed E-state index contributed by atoms with van der Waals surface area (Å²) in [7, 11) is 2.18. The first-order valence-corrected chi connectivity index (χ1v) is 10.8. The molecule has 1 aliphatic heterocycles. The van der Waals surface area contributed by atoms with Crippen LogP contribution in [0.1, 0.15) is 26.3 Å². The summed E-state index contributed by atoms with van der Waals surface area (Å²) in [6, 6.07) is 2.89. The third kappa shape index (κ3) is 7.52. The predicted octanol–water partition coefficient (Wildman–Crippen LogP) is 4.13. The van der Waals surface area contributed by atoms with Crippen LogP contribution in [-0.4, -0.2) is 50.9 Å². The van der Waals surface area contributed by atoms with E-state index in [1.165, 1.54) is 30.5 Å². The zero-order valence-electron chi connectivity index (χ0n) is 20.5. The number of carbonyl (C=O) groups excluding carboxylic acids is 3. The molecule has 0 aliphatic carbocycles. The maximum atomic E-state index is 13.6. The van der Waals surface area contributed by atoms with Crippen molar-refractivity contribution in [1.29, 1.82) is 0 Å². The van der Waals surface area contributed by atoms with Gasteiger partial charge in [-0.25, -0.2) is 14.4 Å². The smallest absolute Gasteiger partial charge is 0.416 e. The lowest BCUT2D eigenvalue weighted by Gasteiger charge is -2.27. The Labute approximate surface area is 206 Å². The van der Waals surface area contributed by atoms with E-state index in [1.54, 1.807) is 20.8 Å². The summed E-state index contributed by atoms with van der Waals surface area (Å²) in [6.45, 7) is 5.31. The lowest BCUT2D eigenvalue weighted by molar-refractivity contribution is -0.139. The molecule has 196 valence electrons. The molecule has 36 heavy (non-hydrogen) atoms. The fraction of sp³-hybridized carbons (Fsp3) is 0.375. The van der Waals surface area contributed by atoms with Crippen LogP contribution in [0.3, 0.4) is 0 Å². The topological polar surface area (TPSA) is 106 Å². The third-order valence-electron chi connectivity index (χ3n) is 4.58. The Morgan fingerprint density at radius 2 is 1.64 bits per heavy atom. The third-order valence-corrected chi connectivity index (χ3v) is 4.58. The number of esters is 2. The van der Waals surface area contributed by atoms with Gasteiger partial charge in [0.25, 0.3) is 0 Å². The number of methoxy groups -OCH3 is 2. The van der Waals surface area contributed by atoms with Crippen molar-refractivity contribution in [2.75, 3.05) is 37.5 Å². The van der Waals surface area contributed by atoms with Gasteiger partial charge in [0, 0.05) is 19.3 Å². The molecule has 0 saturated heterocycles. The van der Waals surface area contributed by atoms with Crippen molar-refractivity contribution in [3.8, 4) is 0 Å². The average molecular weight is 511 g/mol. The van der Waals surface area contributed by atoms with Gasteiger partial charge >= 0.3 is 24.2 Å². The fourth-order valence-corrected chi connectivity index (χ4v) is 3.08. The number of alkyl carbamates (subject to hydrolysis) is 1. The molecule has 9 nitrogen and oxygen atoms in total. The maximum Gasteiger partial charge on any atom is 0.416 e. The molecule has 0 unspecified atom stereocenters. The molecule has 0 spiro atoms. The number of nitrogens with zero attached hydrogens (tertiary/aromatic N) is 1. The highest BCUT2D eigenvalue weighted by Gasteiger charge is 2.34. The lowest BCUT2D eigenvalue weighted by Crippen LogP contribution is -2.35. The lowest BCUT2D eigenvalue weighted by atomic mass is 10.1. The summed E-state index contributed by atoms with van der Waals surface area (Å²) < 4.78 is 55.3. The van der Waals surface area contributed by atoms with E-state index in [4.69, 9.17) is 14.2 Å². The normalized spacial score (nSPS) is 13.7. The van der Waals surface area contributed by atoms with Crippen LogP contribution in [-0.2, 0) is 30.0 Å². The second-order valence-electron chi connectivity index (χ2n) is 8.40. The number of benzene rings is 1. The first-order valence-electron chi connectivity index (χ1n) is 10.8. The van der Waals surface area contributed by atoms with Gasteiger partial charge in [-0.05, 0) is 51.1 Å². The summed E-state index contributed by atoms with van der Waals surface area (Å²) in [4.78, 5) is 38.0. The molecule has 1 heterocycles. The number of nitrogens with one attached hydrogen (secondary N) is 2. The van der Waals surface area contributed by atoms with Crippen LogP contribution in [0, 0.1) is 0 Å². The van der Waals surface area contributed by atoms with E-state index in [9.17, 15) is 27.6 Å². The van der Waals surface area contributed by atoms with Crippen LogP contribution < -0.4 is 15.5 Å². The van der Waals surface area contributed by atoms with Crippen LogP contribution in [0.5, 0.6) is 0 Å². The number of halogens is 3. The average Bonchev–Trinajstić information content (AvgIpc) is 3.02. The number of hydrogen-bond acceptors (Lipinski definition) is 8. The molecule has 2 rings (SSSR count). The largest absolute Gasteiger partial charge is 0.465 e. The van der Waals surface area contributed by atoms with Gasteiger partial charge in [0.15, 0.2) is 0 Å². The summed E-state index contributed by atoms with van der Waals surface area (Å²) in [5.74, 6) is -1.86. The number of carbonyl (C=O) groups is 3. The Morgan fingerprint density at radius 3 is 2.22 bits per heavy atom. The number of ether oxygens (including phenoxy) is 3. The fourth-order valence-electron chi connectivity index (χ4n) is 3.08. The van der Waals surface area contributed by atoms with Gasteiger partial charge in [-0.3, -0.25) is 0 Å². The maximum absolute atomic E-state index is 13.6. The molecule has 1 aromatic carbocycles. The monoisotopic (exact) mass is 511 g/mol. The molecule has 1 aliphatic rings. The van der Waals surface area contributed by atoms with Crippen molar-refractivity contribution in [3.63, 3.8) is 0 Å². The minimum absolute atomic E-state index is 0.0832. The van der Waals surface area contributed by atoms with Gasteiger partial charge in [-0.15, -0.1) is 0 Å². The molecule has 2 N–H and O–H groups in total. The Morgan fingerprint density at radius 1 is 0.972 bits per heavy atom. The van der Waals surface area contributed by atoms with Crippen molar-refractivity contribution in [2.24, 2.45) is 0 Å². The highest BCUT2D eigenvalue weighted by Crippen LogP contribution is 2.38. The Balaban J connectivity index is 2.48. The molecule has 0 aromatic heterocycles. The molecule has 1 aromatic rings. The Kier molecular flexibility index (Phi) is 9.15. The zero-order chi connectivity index (χ0) is 27.1. The van der Waals surface area contributed by atoms with Crippen LogP contribution in [0.2, 0.25) is 0 Å². The van der Waals surface area contributed by atoms with E-state index in [1.807, 2.05) is 0 Å². The number of allylic oxidation sites excluding steroid dienone is 2. The van der Waals surface area contributed by atoms with E-state index >= 15 is 0 Å². The molecule has 0 fully saturated rings. The summed E-state index contributed by atoms with van der Waals surface area (Å²) in [5.41, 5.74) is -2.15. The van der Waals surface area contributed by atoms with Crippen molar-refractivity contribution in [2.45, 2.75) is 32.5 Å². The standard InChI is InChI=1S/C24H28F3N3O6/c1-23(2,3)36-22(33)29-12-11-28-17-10-9-15(24(25,26)27)14-18(17)30-13-7-6-8-16(20(31)34-4)19(30)21(32)35-5/h6-10,13-14,28H,11-12H2,1-5H3,(H,29,33). The molecule has 0 radical (unpaired) electrons. The van der Waals surface area contributed by atoms with Gasteiger partial charge in [-0.1, -0.05) is 6.08 Å². The first kappa shape index (κ1) is 28.3. The van der Waals surface area contributed by atoms with Crippen LogP contribution in [0.4, 0.5) is 29.3 Å². The number of anilines is 2. The van der Waals surface area contributed by atoms with Gasteiger partial charge in [0.1, 0.15) is 11.3 Å². The number of amides is 1. The predicted molar refractivity (Wildman–Crippen MR) is 126 cm³/mol. The van der Waals surface area contributed by atoms with Crippen molar-refractivity contribution in [1.82, 2.24) is 5.32 Å². The highest BCUT2D eigenvalue weighted by atomic mass is 19.4. The van der Waals surface area contributed by atoms with Crippen molar-refractivity contribution in [3.05, 3.63) is 59.5 Å². The molecular weight excluding hydrogens is 483 g/mol. The Hall–Kier alpha value is -3.96. The zero-order valence-corrected chi connectivity index (χ0v) is 20.5.